The van der Waals surface area contributed by atoms with Crippen molar-refractivity contribution in [2.75, 3.05) is 10.6 Å². The standard InChI is InChI=1S/C19H18ClFN4S/c1-12-6-7-17(13(2)10-12)22-19(26)23-18-8-9-25(24-18)11-14-15(20)4-3-5-16(14)21/h3-10H,11H2,1-2H3,(H2,22,23,24,26). The van der Waals surface area contributed by atoms with E-state index in [1.807, 2.05) is 26.0 Å². The highest BCUT2D eigenvalue weighted by atomic mass is 35.5. The van der Waals surface area contributed by atoms with E-state index in [1.54, 1.807) is 29.1 Å². The molecule has 0 saturated heterocycles. The molecule has 3 aromatic rings. The highest BCUT2D eigenvalue weighted by Gasteiger charge is 2.09. The van der Waals surface area contributed by atoms with Crippen LogP contribution in [0.1, 0.15) is 16.7 Å². The predicted octanol–water partition coefficient (Wildman–Crippen LogP) is 5.15. The Labute approximate surface area is 162 Å². The van der Waals surface area contributed by atoms with Gasteiger partial charge in [0, 0.05) is 28.5 Å². The van der Waals surface area contributed by atoms with Gasteiger partial charge >= 0.3 is 0 Å². The maximum atomic E-state index is 13.9. The molecule has 0 aliphatic heterocycles. The molecule has 0 aliphatic carbocycles. The summed E-state index contributed by atoms with van der Waals surface area (Å²) in [4.78, 5) is 0. The van der Waals surface area contributed by atoms with Crippen molar-refractivity contribution >= 4 is 40.4 Å². The Balaban J connectivity index is 1.65. The van der Waals surface area contributed by atoms with Crippen LogP contribution in [0.5, 0.6) is 0 Å². The quantitative estimate of drug-likeness (QED) is 0.606. The third-order valence-electron chi connectivity index (χ3n) is 3.89. The number of halogens is 2. The van der Waals surface area contributed by atoms with Crippen molar-refractivity contribution in [2.24, 2.45) is 0 Å². The summed E-state index contributed by atoms with van der Waals surface area (Å²) in [6.07, 6.45) is 1.74. The van der Waals surface area contributed by atoms with Gasteiger partial charge in [-0.25, -0.2) is 4.39 Å². The van der Waals surface area contributed by atoms with Crippen molar-refractivity contribution in [2.45, 2.75) is 20.4 Å². The number of hydrogen-bond acceptors (Lipinski definition) is 2. The molecule has 0 fully saturated rings. The lowest BCUT2D eigenvalue weighted by atomic mass is 10.1. The van der Waals surface area contributed by atoms with Gasteiger partial charge in [-0.15, -0.1) is 0 Å². The van der Waals surface area contributed by atoms with Gasteiger partial charge in [-0.1, -0.05) is 35.4 Å². The van der Waals surface area contributed by atoms with Crippen molar-refractivity contribution in [3.63, 3.8) is 0 Å². The number of benzene rings is 2. The average Bonchev–Trinajstić information content (AvgIpc) is 3.01. The number of hydrogen-bond donors (Lipinski definition) is 2. The number of anilines is 2. The van der Waals surface area contributed by atoms with Gasteiger partial charge in [-0.2, -0.15) is 5.10 Å². The van der Waals surface area contributed by atoms with Gasteiger partial charge in [0.15, 0.2) is 10.9 Å². The maximum absolute atomic E-state index is 13.9. The second-order valence-electron chi connectivity index (χ2n) is 6.00. The molecule has 0 aliphatic rings. The second kappa shape index (κ2) is 7.85. The maximum Gasteiger partial charge on any atom is 0.176 e. The molecule has 1 aromatic heterocycles. The van der Waals surface area contributed by atoms with Crippen LogP contribution in [0.2, 0.25) is 5.02 Å². The van der Waals surface area contributed by atoms with Crippen LogP contribution in [0, 0.1) is 19.7 Å². The zero-order valence-corrected chi connectivity index (χ0v) is 16.0. The Morgan fingerprint density at radius 3 is 2.73 bits per heavy atom. The normalized spacial score (nSPS) is 10.6. The molecule has 0 radical (unpaired) electrons. The fourth-order valence-electron chi connectivity index (χ4n) is 2.59. The molecule has 2 N–H and O–H groups in total. The molecular formula is C19H18ClFN4S. The lowest BCUT2D eigenvalue weighted by molar-refractivity contribution is 0.586. The Morgan fingerprint density at radius 1 is 1.19 bits per heavy atom. The van der Waals surface area contributed by atoms with Crippen LogP contribution < -0.4 is 10.6 Å². The molecule has 4 nitrogen and oxygen atoms in total. The molecule has 0 saturated carbocycles. The molecule has 0 amide bonds. The highest BCUT2D eigenvalue weighted by molar-refractivity contribution is 7.80. The van der Waals surface area contributed by atoms with Gasteiger partial charge in [-0.3, -0.25) is 4.68 Å². The minimum Gasteiger partial charge on any atom is -0.332 e. The summed E-state index contributed by atoms with van der Waals surface area (Å²) in [5.41, 5.74) is 3.64. The molecule has 1 heterocycles. The van der Waals surface area contributed by atoms with E-state index in [-0.39, 0.29) is 12.4 Å². The van der Waals surface area contributed by atoms with E-state index in [9.17, 15) is 4.39 Å². The van der Waals surface area contributed by atoms with Gasteiger partial charge < -0.3 is 10.6 Å². The molecule has 26 heavy (non-hydrogen) atoms. The molecule has 7 heteroatoms. The number of nitrogens with zero attached hydrogens (tertiary/aromatic N) is 2. The van der Waals surface area contributed by atoms with Crippen LogP contribution in [0.3, 0.4) is 0 Å². The molecule has 0 spiro atoms. The topological polar surface area (TPSA) is 41.9 Å². The molecule has 0 atom stereocenters. The smallest absolute Gasteiger partial charge is 0.176 e. The first-order valence-corrected chi connectivity index (χ1v) is 8.82. The third kappa shape index (κ3) is 4.39. The lowest BCUT2D eigenvalue weighted by Gasteiger charge is -2.11. The summed E-state index contributed by atoms with van der Waals surface area (Å²) in [5, 5.41) is 11.4. The molecule has 134 valence electrons. The summed E-state index contributed by atoms with van der Waals surface area (Å²) in [6.45, 7) is 4.30. The van der Waals surface area contributed by atoms with Gasteiger partial charge in [0.2, 0.25) is 0 Å². The molecule has 0 unspecified atom stereocenters. The Hall–Kier alpha value is -2.44. The lowest BCUT2D eigenvalue weighted by Crippen LogP contribution is -2.20. The van der Waals surface area contributed by atoms with Gasteiger partial charge in [0.1, 0.15) is 5.82 Å². The summed E-state index contributed by atoms with van der Waals surface area (Å²) >= 11 is 11.4. The Bertz CT molecular complexity index is 934. The third-order valence-corrected chi connectivity index (χ3v) is 4.45. The van der Waals surface area contributed by atoms with Gasteiger partial charge in [0.25, 0.3) is 0 Å². The fourth-order valence-corrected chi connectivity index (χ4v) is 3.02. The number of aryl methyl sites for hydroxylation is 2. The highest BCUT2D eigenvalue weighted by Crippen LogP contribution is 2.20. The van der Waals surface area contributed by atoms with Crippen molar-refractivity contribution in [3.8, 4) is 0 Å². The number of thiocarbonyl (C=S) groups is 1. The second-order valence-corrected chi connectivity index (χ2v) is 6.81. The van der Waals surface area contributed by atoms with Gasteiger partial charge in [0.05, 0.1) is 6.54 Å². The minimum absolute atomic E-state index is 0.241. The Morgan fingerprint density at radius 2 is 2.00 bits per heavy atom. The van der Waals surface area contributed by atoms with Crippen molar-refractivity contribution in [3.05, 3.63) is 76.2 Å². The van der Waals surface area contributed by atoms with Crippen LogP contribution in [-0.2, 0) is 6.54 Å². The average molecular weight is 389 g/mol. The van der Waals surface area contributed by atoms with Crippen LogP contribution in [0.15, 0.2) is 48.7 Å². The zero-order chi connectivity index (χ0) is 18.7. The van der Waals surface area contributed by atoms with Crippen molar-refractivity contribution in [1.82, 2.24) is 9.78 Å². The number of nitrogens with one attached hydrogen (secondary N) is 2. The first-order chi connectivity index (χ1) is 12.4. The molecule has 2 aromatic carbocycles. The summed E-state index contributed by atoms with van der Waals surface area (Å²) < 4.78 is 15.5. The predicted molar refractivity (Wildman–Crippen MR) is 108 cm³/mol. The van der Waals surface area contributed by atoms with Crippen molar-refractivity contribution in [1.29, 1.82) is 0 Å². The number of aromatic nitrogens is 2. The van der Waals surface area contributed by atoms with Crippen molar-refractivity contribution < 1.29 is 4.39 Å². The Kier molecular flexibility index (Phi) is 5.54. The SMILES string of the molecule is Cc1ccc(NC(=S)Nc2ccn(Cc3c(F)cccc3Cl)n2)c(C)c1. The van der Waals surface area contributed by atoms with E-state index in [2.05, 4.69) is 21.8 Å². The van der Waals surface area contributed by atoms with E-state index < -0.39 is 0 Å². The number of rotatable bonds is 4. The molecule has 0 bridgehead atoms. The molecular weight excluding hydrogens is 371 g/mol. The van der Waals surface area contributed by atoms with E-state index in [4.69, 9.17) is 23.8 Å². The van der Waals surface area contributed by atoms with E-state index in [1.165, 1.54) is 11.6 Å². The van der Waals surface area contributed by atoms with Crippen LogP contribution >= 0.6 is 23.8 Å². The van der Waals surface area contributed by atoms with Crippen LogP contribution in [-0.4, -0.2) is 14.9 Å². The zero-order valence-electron chi connectivity index (χ0n) is 14.4. The van der Waals surface area contributed by atoms with E-state index >= 15 is 0 Å². The summed E-state index contributed by atoms with van der Waals surface area (Å²) in [7, 11) is 0. The minimum atomic E-state index is -0.352. The summed E-state index contributed by atoms with van der Waals surface area (Å²) in [5.74, 6) is 0.217. The van der Waals surface area contributed by atoms with E-state index in [0.717, 1.165) is 11.3 Å². The fraction of sp³-hybridized carbons (Fsp3) is 0.158. The first-order valence-electron chi connectivity index (χ1n) is 8.04. The molecule has 3 rings (SSSR count). The first kappa shape index (κ1) is 18.4. The summed E-state index contributed by atoms with van der Waals surface area (Å²) in [6, 6.07) is 12.5. The largest absolute Gasteiger partial charge is 0.332 e. The van der Waals surface area contributed by atoms with Crippen LogP contribution in [0.25, 0.3) is 0 Å². The van der Waals surface area contributed by atoms with Crippen LogP contribution in [0.4, 0.5) is 15.9 Å². The van der Waals surface area contributed by atoms with E-state index in [0.29, 0.717) is 21.5 Å². The van der Waals surface area contributed by atoms with Gasteiger partial charge in [-0.05, 0) is 49.8 Å². The monoisotopic (exact) mass is 388 g/mol.